The lowest BCUT2D eigenvalue weighted by atomic mass is 9.91. The molecule has 8 heteroatoms. The van der Waals surface area contributed by atoms with Crippen molar-refractivity contribution in [3.63, 3.8) is 0 Å². The maximum atomic E-state index is 12.3. The first-order valence-corrected chi connectivity index (χ1v) is 11.7. The number of aromatic nitrogens is 2. The molecule has 4 aromatic rings. The van der Waals surface area contributed by atoms with Gasteiger partial charge in [0.2, 0.25) is 0 Å². The summed E-state index contributed by atoms with van der Waals surface area (Å²) in [6.45, 7) is -0.457. The minimum atomic E-state index is -1.08. The Bertz CT molecular complexity index is 1330. The Morgan fingerprint density at radius 3 is 2.43 bits per heavy atom. The van der Waals surface area contributed by atoms with Crippen LogP contribution in [0.4, 0.5) is 0 Å². The van der Waals surface area contributed by atoms with Crippen molar-refractivity contribution in [2.75, 3.05) is 6.61 Å². The van der Waals surface area contributed by atoms with Gasteiger partial charge in [0.25, 0.3) is 0 Å². The van der Waals surface area contributed by atoms with E-state index in [9.17, 15) is 14.7 Å². The third kappa shape index (κ3) is 4.64. The molecule has 2 aromatic heterocycles. The molecule has 1 unspecified atom stereocenters. The van der Waals surface area contributed by atoms with Crippen LogP contribution in [0.25, 0.3) is 22.4 Å². The summed E-state index contributed by atoms with van der Waals surface area (Å²) >= 11 is 0. The SMILES string of the molecule is O=C(O)COc1ccc(C(C(=O)O)c2ccc3c(c2)nc(-c2ccoc2)n3C2CCCCC2)cc1. The van der Waals surface area contributed by atoms with Crippen molar-refractivity contribution >= 4 is 23.0 Å². The van der Waals surface area contributed by atoms with Crippen molar-refractivity contribution in [3.8, 4) is 17.1 Å². The van der Waals surface area contributed by atoms with Gasteiger partial charge in [-0.15, -0.1) is 0 Å². The van der Waals surface area contributed by atoms with Crippen molar-refractivity contribution < 1.29 is 29.0 Å². The molecular formula is C27H26N2O6. The van der Waals surface area contributed by atoms with Crippen LogP contribution in [0, 0.1) is 0 Å². The smallest absolute Gasteiger partial charge is 0.341 e. The van der Waals surface area contributed by atoms with Gasteiger partial charge in [-0.2, -0.15) is 0 Å². The van der Waals surface area contributed by atoms with E-state index in [1.807, 2.05) is 24.3 Å². The number of benzene rings is 2. The van der Waals surface area contributed by atoms with E-state index < -0.39 is 24.5 Å². The minimum Gasteiger partial charge on any atom is -0.482 e. The highest BCUT2D eigenvalue weighted by molar-refractivity contribution is 5.86. The third-order valence-electron chi connectivity index (χ3n) is 6.59. The molecular weight excluding hydrogens is 448 g/mol. The number of aliphatic carboxylic acids is 2. The molecule has 5 rings (SSSR count). The predicted molar refractivity (Wildman–Crippen MR) is 129 cm³/mol. The second-order valence-corrected chi connectivity index (χ2v) is 8.88. The van der Waals surface area contributed by atoms with E-state index in [1.165, 1.54) is 19.3 Å². The van der Waals surface area contributed by atoms with Gasteiger partial charge in [-0.05, 0) is 54.3 Å². The Hall–Kier alpha value is -4.07. The molecule has 0 saturated heterocycles. The fourth-order valence-corrected chi connectivity index (χ4v) is 4.98. The summed E-state index contributed by atoms with van der Waals surface area (Å²) in [5.41, 5.74) is 3.83. The minimum absolute atomic E-state index is 0.345. The number of carboxylic acids is 2. The molecule has 1 fully saturated rings. The standard InChI is InChI=1S/C27H26N2O6/c30-24(31)16-35-21-9-6-17(7-10-21)25(27(32)33)18-8-11-23-22(14-18)28-26(19-12-13-34-15-19)29(23)20-4-2-1-3-5-20/h6-15,20,25H,1-5,16H2,(H,30,31)(H,32,33). The average molecular weight is 475 g/mol. The van der Waals surface area contributed by atoms with Crippen LogP contribution in [-0.2, 0) is 9.59 Å². The fraction of sp³-hybridized carbons (Fsp3) is 0.296. The summed E-state index contributed by atoms with van der Waals surface area (Å²) in [6.07, 6.45) is 9.11. The van der Waals surface area contributed by atoms with Crippen molar-refractivity contribution in [3.05, 3.63) is 72.2 Å². The van der Waals surface area contributed by atoms with Crippen LogP contribution in [0.5, 0.6) is 5.75 Å². The van der Waals surface area contributed by atoms with E-state index in [1.54, 1.807) is 36.8 Å². The number of carbonyl (C=O) groups is 2. The largest absolute Gasteiger partial charge is 0.482 e. The van der Waals surface area contributed by atoms with Gasteiger partial charge in [-0.1, -0.05) is 37.5 Å². The highest BCUT2D eigenvalue weighted by Gasteiger charge is 2.26. The first kappa shape index (κ1) is 22.7. The number of ether oxygens (including phenoxy) is 1. The van der Waals surface area contributed by atoms with Crippen LogP contribution in [0.3, 0.4) is 0 Å². The summed E-state index contributed by atoms with van der Waals surface area (Å²) in [4.78, 5) is 27.9. The predicted octanol–water partition coefficient (Wildman–Crippen LogP) is 5.48. The Labute approximate surface area is 201 Å². The molecule has 1 saturated carbocycles. The maximum Gasteiger partial charge on any atom is 0.341 e. The van der Waals surface area contributed by atoms with E-state index in [0.29, 0.717) is 22.9 Å². The molecule has 180 valence electrons. The van der Waals surface area contributed by atoms with Crippen molar-refractivity contribution in [1.29, 1.82) is 0 Å². The zero-order chi connectivity index (χ0) is 24.4. The van der Waals surface area contributed by atoms with Gasteiger partial charge >= 0.3 is 11.9 Å². The first-order chi connectivity index (χ1) is 17.0. The average Bonchev–Trinajstić information content (AvgIpc) is 3.52. The second kappa shape index (κ2) is 9.66. The van der Waals surface area contributed by atoms with Crippen LogP contribution in [0.15, 0.2) is 65.5 Å². The lowest BCUT2D eigenvalue weighted by Gasteiger charge is -2.25. The van der Waals surface area contributed by atoms with E-state index >= 15 is 0 Å². The summed E-state index contributed by atoms with van der Waals surface area (Å²) in [7, 11) is 0. The maximum absolute atomic E-state index is 12.3. The number of carboxylic acid groups (broad SMARTS) is 2. The van der Waals surface area contributed by atoms with E-state index in [-0.39, 0.29) is 0 Å². The normalized spacial score (nSPS) is 15.2. The number of hydrogen-bond donors (Lipinski definition) is 2. The molecule has 0 bridgehead atoms. The van der Waals surface area contributed by atoms with Gasteiger partial charge in [0, 0.05) is 6.04 Å². The van der Waals surface area contributed by atoms with E-state index in [4.69, 9.17) is 19.2 Å². The van der Waals surface area contributed by atoms with Crippen molar-refractivity contribution in [2.45, 2.75) is 44.1 Å². The lowest BCUT2D eigenvalue weighted by Crippen LogP contribution is -2.14. The molecule has 2 N–H and O–H groups in total. The first-order valence-electron chi connectivity index (χ1n) is 11.7. The fourth-order valence-electron chi connectivity index (χ4n) is 4.98. The molecule has 0 spiro atoms. The Kier molecular flexibility index (Phi) is 6.27. The number of nitrogens with zero attached hydrogens (tertiary/aromatic N) is 2. The molecule has 0 radical (unpaired) electrons. The number of hydrogen-bond acceptors (Lipinski definition) is 5. The number of furan rings is 1. The summed E-state index contributed by atoms with van der Waals surface area (Å²) < 4.78 is 12.8. The molecule has 0 amide bonds. The van der Waals surface area contributed by atoms with E-state index in [2.05, 4.69) is 4.57 Å². The van der Waals surface area contributed by atoms with Crippen LogP contribution in [-0.4, -0.2) is 38.3 Å². The summed E-state index contributed by atoms with van der Waals surface area (Å²) in [5, 5.41) is 18.8. The van der Waals surface area contributed by atoms with Crippen LogP contribution < -0.4 is 4.74 Å². The number of imidazole rings is 1. The van der Waals surface area contributed by atoms with Gasteiger partial charge in [0.1, 0.15) is 23.8 Å². The monoisotopic (exact) mass is 474 g/mol. The highest BCUT2D eigenvalue weighted by Crippen LogP contribution is 2.37. The van der Waals surface area contributed by atoms with Gasteiger partial charge in [-0.25, -0.2) is 9.78 Å². The molecule has 2 aromatic carbocycles. The molecule has 2 heterocycles. The van der Waals surface area contributed by atoms with Crippen LogP contribution in [0.1, 0.15) is 55.2 Å². The zero-order valence-electron chi connectivity index (χ0n) is 19.1. The van der Waals surface area contributed by atoms with Crippen molar-refractivity contribution in [2.24, 2.45) is 0 Å². The topological polar surface area (TPSA) is 115 Å². The van der Waals surface area contributed by atoms with Gasteiger partial charge in [-0.3, -0.25) is 4.79 Å². The summed E-state index contributed by atoms with van der Waals surface area (Å²) in [5.74, 6) is -1.75. The molecule has 1 aliphatic rings. The lowest BCUT2D eigenvalue weighted by molar-refractivity contribution is -0.139. The number of rotatable bonds is 8. The van der Waals surface area contributed by atoms with E-state index in [0.717, 1.165) is 35.3 Å². The quantitative estimate of drug-likeness (QED) is 0.347. The third-order valence-corrected chi connectivity index (χ3v) is 6.59. The Morgan fingerprint density at radius 1 is 1.03 bits per heavy atom. The Balaban J connectivity index is 1.53. The van der Waals surface area contributed by atoms with Crippen LogP contribution in [0.2, 0.25) is 0 Å². The molecule has 0 aliphatic heterocycles. The Morgan fingerprint density at radius 2 is 1.77 bits per heavy atom. The van der Waals surface area contributed by atoms with Crippen LogP contribution >= 0.6 is 0 Å². The molecule has 8 nitrogen and oxygen atoms in total. The van der Waals surface area contributed by atoms with Gasteiger partial charge in [0.15, 0.2) is 6.61 Å². The van der Waals surface area contributed by atoms with Gasteiger partial charge < -0.3 is 23.9 Å². The van der Waals surface area contributed by atoms with Gasteiger partial charge in [0.05, 0.1) is 22.9 Å². The highest BCUT2D eigenvalue weighted by atomic mass is 16.5. The molecule has 35 heavy (non-hydrogen) atoms. The number of fused-ring (bicyclic) bond motifs is 1. The van der Waals surface area contributed by atoms with Crippen molar-refractivity contribution in [1.82, 2.24) is 9.55 Å². The molecule has 1 aliphatic carbocycles. The zero-order valence-corrected chi connectivity index (χ0v) is 19.1. The molecule has 1 atom stereocenters. The second-order valence-electron chi connectivity index (χ2n) is 8.88. The summed E-state index contributed by atoms with van der Waals surface area (Å²) in [6, 6.07) is 14.4.